The highest BCUT2D eigenvalue weighted by molar-refractivity contribution is 8.00. The SMILES string of the molecule is COC(=O)C(CSC(C)(C)C)(NC(C)C)C1CC1. The zero-order valence-electron chi connectivity index (χ0n) is 12.5. The van der Waals surface area contributed by atoms with E-state index in [1.807, 2.05) is 11.8 Å². The first-order chi connectivity index (χ1) is 8.21. The van der Waals surface area contributed by atoms with Crippen molar-refractivity contribution in [2.24, 2.45) is 5.92 Å². The Balaban J connectivity index is 2.86. The molecule has 1 saturated carbocycles. The summed E-state index contributed by atoms with van der Waals surface area (Å²) in [5.41, 5.74) is -0.499. The Morgan fingerprint density at radius 3 is 2.28 bits per heavy atom. The van der Waals surface area contributed by atoms with Gasteiger partial charge in [-0.1, -0.05) is 20.8 Å². The van der Waals surface area contributed by atoms with E-state index in [0.29, 0.717) is 5.92 Å². The summed E-state index contributed by atoms with van der Waals surface area (Å²) < 4.78 is 5.23. The molecule has 106 valence electrons. The summed E-state index contributed by atoms with van der Waals surface area (Å²) >= 11 is 1.83. The first-order valence-electron chi connectivity index (χ1n) is 6.71. The van der Waals surface area contributed by atoms with Crippen LogP contribution in [0.4, 0.5) is 0 Å². The van der Waals surface area contributed by atoms with Crippen LogP contribution in [0.3, 0.4) is 0 Å². The summed E-state index contributed by atoms with van der Waals surface area (Å²) in [6, 6.07) is 0.283. The fraction of sp³-hybridized carbons (Fsp3) is 0.929. The van der Waals surface area contributed by atoms with Crippen molar-refractivity contribution in [2.45, 2.75) is 63.8 Å². The summed E-state index contributed by atoms with van der Waals surface area (Å²) in [5, 5.41) is 3.48. The molecule has 0 aliphatic heterocycles. The Kier molecular flexibility index (Phi) is 5.13. The summed E-state index contributed by atoms with van der Waals surface area (Å²) in [4.78, 5) is 12.3. The van der Waals surface area contributed by atoms with Gasteiger partial charge in [0.25, 0.3) is 0 Å². The van der Waals surface area contributed by atoms with Crippen LogP contribution >= 0.6 is 11.8 Å². The van der Waals surface area contributed by atoms with E-state index in [1.165, 1.54) is 7.11 Å². The molecule has 0 amide bonds. The molecule has 1 unspecified atom stereocenters. The van der Waals surface area contributed by atoms with Crippen LogP contribution in [0.25, 0.3) is 0 Å². The minimum atomic E-state index is -0.499. The molecule has 1 aliphatic rings. The molecule has 0 aromatic carbocycles. The molecule has 1 rings (SSSR count). The molecule has 0 heterocycles. The van der Waals surface area contributed by atoms with Crippen molar-refractivity contribution < 1.29 is 9.53 Å². The van der Waals surface area contributed by atoms with Crippen molar-refractivity contribution >= 4 is 17.7 Å². The fourth-order valence-electron chi connectivity index (χ4n) is 2.17. The molecule has 3 nitrogen and oxygen atoms in total. The predicted octanol–water partition coefficient (Wildman–Crippen LogP) is 2.84. The van der Waals surface area contributed by atoms with Crippen molar-refractivity contribution in [3.05, 3.63) is 0 Å². The van der Waals surface area contributed by atoms with E-state index in [0.717, 1.165) is 18.6 Å². The third-order valence-electron chi connectivity index (χ3n) is 3.10. The molecule has 0 spiro atoms. The number of hydrogen-bond donors (Lipinski definition) is 1. The van der Waals surface area contributed by atoms with Gasteiger partial charge in [0.2, 0.25) is 0 Å². The summed E-state index contributed by atoms with van der Waals surface area (Å²) in [5.74, 6) is 1.11. The molecule has 1 aliphatic carbocycles. The van der Waals surface area contributed by atoms with Crippen LogP contribution < -0.4 is 5.32 Å². The van der Waals surface area contributed by atoms with E-state index < -0.39 is 5.54 Å². The molecular weight excluding hydrogens is 246 g/mol. The van der Waals surface area contributed by atoms with Crippen molar-refractivity contribution in [1.29, 1.82) is 0 Å². The topological polar surface area (TPSA) is 38.3 Å². The van der Waals surface area contributed by atoms with Gasteiger partial charge in [0.1, 0.15) is 5.54 Å². The smallest absolute Gasteiger partial charge is 0.327 e. The van der Waals surface area contributed by atoms with Gasteiger partial charge < -0.3 is 4.74 Å². The zero-order chi connectivity index (χ0) is 14.0. The minimum Gasteiger partial charge on any atom is -0.468 e. The molecule has 0 bridgehead atoms. The van der Waals surface area contributed by atoms with Gasteiger partial charge in [0, 0.05) is 16.5 Å². The van der Waals surface area contributed by atoms with Gasteiger partial charge in [-0.3, -0.25) is 10.1 Å². The molecule has 0 aromatic heterocycles. The Morgan fingerprint density at radius 2 is 1.94 bits per heavy atom. The summed E-state index contributed by atoms with van der Waals surface area (Å²) in [7, 11) is 1.49. The number of carbonyl (C=O) groups excluding carboxylic acids is 1. The highest BCUT2D eigenvalue weighted by atomic mass is 32.2. The van der Waals surface area contributed by atoms with Gasteiger partial charge in [-0.25, -0.2) is 0 Å². The summed E-state index contributed by atoms with van der Waals surface area (Å²) in [6.45, 7) is 10.7. The van der Waals surface area contributed by atoms with Crippen LogP contribution in [-0.4, -0.2) is 35.2 Å². The van der Waals surface area contributed by atoms with Gasteiger partial charge in [-0.15, -0.1) is 0 Å². The van der Waals surface area contributed by atoms with E-state index in [4.69, 9.17) is 4.74 Å². The molecule has 18 heavy (non-hydrogen) atoms. The Labute approximate surface area is 115 Å². The maximum Gasteiger partial charge on any atom is 0.327 e. The second-order valence-electron chi connectivity index (χ2n) is 6.44. The third kappa shape index (κ3) is 4.16. The van der Waals surface area contributed by atoms with Gasteiger partial charge in [0.15, 0.2) is 0 Å². The lowest BCUT2D eigenvalue weighted by molar-refractivity contribution is -0.148. The van der Waals surface area contributed by atoms with Crippen LogP contribution in [0.1, 0.15) is 47.5 Å². The quantitative estimate of drug-likeness (QED) is 0.755. The van der Waals surface area contributed by atoms with E-state index in [9.17, 15) is 4.79 Å². The van der Waals surface area contributed by atoms with Crippen molar-refractivity contribution in [3.8, 4) is 0 Å². The second kappa shape index (κ2) is 5.83. The van der Waals surface area contributed by atoms with Crippen LogP contribution in [0.5, 0.6) is 0 Å². The molecule has 0 saturated heterocycles. The van der Waals surface area contributed by atoms with Crippen molar-refractivity contribution in [2.75, 3.05) is 12.9 Å². The number of hydrogen-bond acceptors (Lipinski definition) is 4. The van der Waals surface area contributed by atoms with Gasteiger partial charge in [-0.2, -0.15) is 11.8 Å². The Hall–Kier alpha value is -0.220. The zero-order valence-corrected chi connectivity index (χ0v) is 13.3. The van der Waals surface area contributed by atoms with Crippen molar-refractivity contribution in [1.82, 2.24) is 5.32 Å². The molecule has 0 aromatic rings. The highest BCUT2D eigenvalue weighted by Gasteiger charge is 2.52. The lowest BCUT2D eigenvalue weighted by Gasteiger charge is -2.36. The predicted molar refractivity (Wildman–Crippen MR) is 78.0 cm³/mol. The first kappa shape index (κ1) is 15.8. The maximum absolute atomic E-state index is 12.3. The third-order valence-corrected chi connectivity index (χ3v) is 4.57. The fourth-order valence-corrected chi connectivity index (χ4v) is 3.26. The van der Waals surface area contributed by atoms with E-state index >= 15 is 0 Å². The molecule has 4 heteroatoms. The number of methoxy groups -OCH3 is 1. The van der Waals surface area contributed by atoms with Crippen LogP contribution in [-0.2, 0) is 9.53 Å². The maximum atomic E-state index is 12.3. The lowest BCUT2D eigenvalue weighted by Crippen LogP contribution is -2.59. The molecule has 1 atom stereocenters. The molecule has 1 fully saturated rings. The lowest BCUT2D eigenvalue weighted by atomic mass is 9.94. The van der Waals surface area contributed by atoms with Crippen LogP contribution in [0.2, 0.25) is 0 Å². The van der Waals surface area contributed by atoms with Crippen LogP contribution in [0, 0.1) is 5.92 Å². The summed E-state index contributed by atoms with van der Waals surface area (Å²) in [6.07, 6.45) is 2.25. The molecule has 0 radical (unpaired) electrons. The first-order valence-corrected chi connectivity index (χ1v) is 7.70. The van der Waals surface area contributed by atoms with Gasteiger partial charge in [-0.05, 0) is 32.6 Å². The van der Waals surface area contributed by atoms with Gasteiger partial charge >= 0.3 is 5.97 Å². The van der Waals surface area contributed by atoms with E-state index in [2.05, 4.69) is 39.9 Å². The number of esters is 1. The second-order valence-corrected chi connectivity index (χ2v) is 8.24. The molecular formula is C14H27NO2S. The number of carbonyl (C=O) groups is 1. The van der Waals surface area contributed by atoms with Gasteiger partial charge in [0.05, 0.1) is 7.11 Å². The normalized spacial score (nSPS) is 19.7. The Morgan fingerprint density at radius 1 is 1.39 bits per heavy atom. The van der Waals surface area contributed by atoms with E-state index in [-0.39, 0.29) is 16.8 Å². The number of nitrogens with one attached hydrogen (secondary N) is 1. The average Bonchev–Trinajstić information content (AvgIpc) is 3.05. The van der Waals surface area contributed by atoms with Crippen LogP contribution in [0.15, 0.2) is 0 Å². The van der Waals surface area contributed by atoms with E-state index in [1.54, 1.807) is 0 Å². The minimum absolute atomic E-state index is 0.101. The Bertz CT molecular complexity index is 295. The number of ether oxygens (including phenoxy) is 1. The molecule has 1 N–H and O–H groups in total. The number of rotatable bonds is 6. The largest absolute Gasteiger partial charge is 0.468 e. The number of thioether (sulfide) groups is 1. The average molecular weight is 273 g/mol. The van der Waals surface area contributed by atoms with Crippen molar-refractivity contribution in [3.63, 3.8) is 0 Å². The standard InChI is InChI=1S/C14H27NO2S/c1-10(2)15-14(11-7-8-11,12(16)17-6)9-18-13(3,4)5/h10-11,15H,7-9H2,1-6H3. The highest BCUT2D eigenvalue weighted by Crippen LogP contribution is 2.44. The monoisotopic (exact) mass is 273 g/mol.